The maximum atomic E-state index is 13.3. The molecule has 0 aliphatic rings. The molecule has 0 saturated heterocycles. The van der Waals surface area contributed by atoms with Crippen LogP contribution in [0.25, 0.3) is 0 Å². The molecule has 0 spiro atoms. The Kier molecular flexibility index (Phi) is 4.42. The van der Waals surface area contributed by atoms with E-state index in [2.05, 4.69) is 13.8 Å². The molecule has 0 aliphatic heterocycles. The molecule has 90 valence electrons. The molecule has 1 aromatic rings. The van der Waals surface area contributed by atoms with E-state index < -0.39 is 0 Å². The molecule has 3 heteroatoms. The molecule has 0 unspecified atom stereocenters. The zero-order valence-electron chi connectivity index (χ0n) is 9.89. The van der Waals surface area contributed by atoms with Crippen LogP contribution in [0, 0.1) is 17.0 Å². The van der Waals surface area contributed by atoms with Crippen molar-refractivity contribution in [3.8, 4) is 0 Å². The number of benzene rings is 1. The van der Waals surface area contributed by atoms with Crippen LogP contribution < -0.4 is 5.73 Å². The largest absolute Gasteiger partial charge is 0.330 e. The lowest BCUT2D eigenvalue weighted by atomic mass is 9.83. The van der Waals surface area contributed by atoms with Gasteiger partial charge in [-0.1, -0.05) is 13.8 Å². The SMILES string of the molecule is CC(C)(CCN)CCc1cc(F)ccc1F. The van der Waals surface area contributed by atoms with E-state index >= 15 is 0 Å². The number of hydrogen-bond donors (Lipinski definition) is 1. The molecule has 2 N–H and O–H groups in total. The summed E-state index contributed by atoms with van der Waals surface area (Å²) in [6.07, 6.45) is 2.26. The summed E-state index contributed by atoms with van der Waals surface area (Å²) in [5.41, 5.74) is 6.03. The topological polar surface area (TPSA) is 26.0 Å². The van der Waals surface area contributed by atoms with E-state index in [0.29, 0.717) is 18.5 Å². The van der Waals surface area contributed by atoms with E-state index in [1.54, 1.807) is 0 Å². The Labute approximate surface area is 95.7 Å². The van der Waals surface area contributed by atoms with Gasteiger partial charge in [0.2, 0.25) is 0 Å². The standard InChI is InChI=1S/C13H19F2N/c1-13(2,7-8-16)6-5-10-9-11(14)3-4-12(10)15/h3-4,9H,5-8,16H2,1-2H3. The lowest BCUT2D eigenvalue weighted by Gasteiger charge is -2.23. The van der Waals surface area contributed by atoms with E-state index in [9.17, 15) is 8.78 Å². The summed E-state index contributed by atoms with van der Waals surface area (Å²) in [7, 11) is 0. The summed E-state index contributed by atoms with van der Waals surface area (Å²) in [6, 6.07) is 3.60. The van der Waals surface area contributed by atoms with Crippen LogP contribution in [0.3, 0.4) is 0 Å². The van der Waals surface area contributed by atoms with Crippen LogP contribution in [0.15, 0.2) is 18.2 Å². The number of halogens is 2. The number of aryl methyl sites for hydroxylation is 1. The highest BCUT2D eigenvalue weighted by molar-refractivity contribution is 5.18. The highest BCUT2D eigenvalue weighted by Crippen LogP contribution is 2.27. The highest BCUT2D eigenvalue weighted by Gasteiger charge is 2.17. The van der Waals surface area contributed by atoms with Gasteiger partial charge in [0.25, 0.3) is 0 Å². The summed E-state index contributed by atoms with van der Waals surface area (Å²) < 4.78 is 26.3. The minimum Gasteiger partial charge on any atom is -0.330 e. The molecule has 0 saturated carbocycles. The molecule has 0 heterocycles. The molecular formula is C13H19F2N. The molecular weight excluding hydrogens is 208 g/mol. The van der Waals surface area contributed by atoms with Crippen molar-refractivity contribution in [2.24, 2.45) is 11.1 Å². The minimum atomic E-state index is -0.381. The maximum absolute atomic E-state index is 13.3. The van der Waals surface area contributed by atoms with Crippen molar-refractivity contribution in [3.63, 3.8) is 0 Å². The molecule has 16 heavy (non-hydrogen) atoms. The van der Waals surface area contributed by atoms with Crippen LogP contribution in [0.4, 0.5) is 8.78 Å². The van der Waals surface area contributed by atoms with Crippen LogP contribution >= 0.6 is 0 Å². The Balaban J connectivity index is 2.63. The van der Waals surface area contributed by atoms with Crippen LogP contribution in [-0.4, -0.2) is 6.54 Å². The predicted octanol–water partition coefficient (Wildman–Crippen LogP) is 3.27. The second-order valence-electron chi connectivity index (χ2n) is 4.94. The first-order valence-electron chi connectivity index (χ1n) is 5.58. The molecule has 0 atom stereocenters. The van der Waals surface area contributed by atoms with E-state index in [0.717, 1.165) is 18.9 Å². The molecule has 0 fully saturated rings. The molecule has 0 aromatic heterocycles. The highest BCUT2D eigenvalue weighted by atomic mass is 19.1. The minimum absolute atomic E-state index is 0.0769. The maximum Gasteiger partial charge on any atom is 0.126 e. The monoisotopic (exact) mass is 227 g/mol. The van der Waals surface area contributed by atoms with Crippen LogP contribution in [0.1, 0.15) is 32.3 Å². The third kappa shape index (κ3) is 3.89. The molecule has 0 amide bonds. The van der Waals surface area contributed by atoms with E-state index in [1.165, 1.54) is 12.1 Å². The number of nitrogens with two attached hydrogens (primary N) is 1. The zero-order chi connectivity index (χ0) is 12.2. The van der Waals surface area contributed by atoms with Crippen LogP contribution in [-0.2, 0) is 6.42 Å². The Morgan fingerprint density at radius 2 is 1.88 bits per heavy atom. The summed E-state index contributed by atoms with van der Waals surface area (Å²) in [5.74, 6) is -0.710. The third-order valence-electron chi connectivity index (χ3n) is 2.90. The molecule has 1 rings (SSSR count). The second kappa shape index (κ2) is 5.39. The summed E-state index contributed by atoms with van der Waals surface area (Å²) in [5, 5.41) is 0. The van der Waals surface area contributed by atoms with Crippen molar-refractivity contribution in [1.82, 2.24) is 0 Å². The average molecular weight is 227 g/mol. The summed E-state index contributed by atoms with van der Waals surface area (Å²) >= 11 is 0. The lowest BCUT2D eigenvalue weighted by molar-refractivity contribution is 0.311. The lowest BCUT2D eigenvalue weighted by Crippen LogP contribution is -2.18. The van der Waals surface area contributed by atoms with Crippen molar-refractivity contribution >= 4 is 0 Å². The zero-order valence-corrected chi connectivity index (χ0v) is 9.89. The molecule has 0 aliphatic carbocycles. The fourth-order valence-corrected chi connectivity index (χ4v) is 1.72. The van der Waals surface area contributed by atoms with Gasteiger partial charge < -0.3 is 5.73 Å². The van der Waals surface area contributed by atoms with Gasteiger partial charge in [0.15, 0.2) is 0 Å². The molecule has 0 bridgehead atoms. The summed E-state index contributed by atoms with van der Waals surface area (Å²) in [6.45, 7) is 4.81. The van der Waals surface area contributed by atoms with Gasteiger partial charge in [-0.3, -0.25) is 0 Å². The predicted molar refractivity (Wildman–Crippen MR) is 62.1 cm³/mol. The first-order valence-corrected chi connectivity index (χ1v) is 5.58. The quantitative estimate of drug-likeness (QED) is 0.820. The van der Waals surface area contributed by atoms with Crippen molar-refractivity contribution < 1.29 is 8.78 Å². The van der Waals surface area contributed by atoms with Gasteiger partial charge in [0, 0.05) is 0 Å². The first kappa shape index (κ1) is 13.1. The van der Waals surface area contributed by atoms with Crippen molar-refractivity contribution in [3.05, 3.63) is 35.4 Å². The van der Waals surface area contributed by atoms with E-state index in [4.69, 9.17) is 5.73 Å². The number of hydrogen-bond acceptors (Lipinski definition) is 1. The molecule has 1 aromatic carbocycles. The fourth-order valence-electron chi connectivity index (χ4n) is 1.72. The van der Waals surface area contributed by atoms with E-state index in [1.807, 2.05) is 0 Å². The normalized spacial score (nSPS) is 11.8. The Morgan fingerprint density at radius 3 is 2.50 bits per heavy atom. The van der Waals surface area contributed by atoms with Crippen molar-refractivity contribution in [2.45, 2.75) is 33.1 Å². The third-order valence-corrected chi connectivity index (χ3v) is 2.90. The van der Waals surface area contributed by atoms with Gasteiger partial charge >= 0.3 is 0 Å². The van der Waals surface area contributed by atoms with Crippen LogP contribution in [0.5, 0.6) is 0 Å². The van der Waals surface area contributed by atoms with Crippen molar-refractivity contribution in [2.75, 3.05) is 6.54 Å². The smallest absolute Gasteiger partial charge is 0.126 e. The van der Waals surface area contributed by atoms with Gasteiger partial charge in [-0.25, -0.2) is 8.78 Å². The average Bonchev–Trinajstić information content (AvgIpc) is 2.19. The van der Waals surface area contributed by atoms with Crippen molar-refractivity contribution in [1.29, 1.82) is 0 Å². The molecule has 1 nitrogen and oxygen atoms in total. The molecule has 0 radical (unpaired) electrons. The van der Waals surface area contributed by atoms with Crippen LogP contribution in [0.2, 0.25) is 0 Å². The second-order valence-corrected chi connectivity index (χ2v) is 4.94. The van der Waals surface area contributed by atoms with Gasteiger partial charge in [-0.15, -0.1) is 0 Å². The van der Waals surface area contributed by atoms with Gasteiger partial charge in [0.1, 0.15) is 11.6 Å². The van der Waals surface area contributed by atoms with Gasteiger partial charge in [-0.05, 0) is 55.0 Å². The first-order chi connectivity index (χ1) is 7.44. The number of rotatable bonds is 5. The van der Waals surface area contributed by atoms with Gasteiger partial charge in [-0.2, -0.15) is 0 Å². The Bertz CT molecular complexity index is 348. The Hall–Kier alpha value is -0.960. The van der Waals surface area contributed by atoms with Gasteiger partial charge in [0.05, 0.1) is 0 Å². The fraction of sp³-hybridized carbons (Fsp3) is 0.538. The van der Waals surface area contributed by atoms with E-state index in [-0.39, 0.29) is 17.0 Å². The Morgan fingerprint density at radius 1 is 1.19 bits per heavy atom. The summed E-state index contributed by atoms with van der Waals surface area (Å²) in [4.78, 5) is 0.